The van der Waals surface area contributed by atoms with Crippen LogP contribution in [-0.4, -0.2) is 34.2 Å². The number of halogens is 2. The van der Waals surface area contributed by atoms with E-state index in [-0.39, 0.29) is 11.5 Å². The van der Waals surface area contributed by atoms with Gasteiger partial charge >= 0.3 is 0 Å². The predicted molar refractivity (Wildman–Crippen MR) is 105 cm³/mol. The lowest BCUT2D eigenvalue weighted by atomic mass is 9.88. The summed E-state index contributed by atoms with van der Waals surface area (Å²) in [5.74, 6) is -2.24. The van der Waals surface area contributed by atoms with E-state index in [2.05, 4.69) is 0 Å². The summed E-state index contributed by atoms with van der Waals surface area (Å²) < 4.78 is 29.2. The zero-order valence-electron chi connectivity index (χ0n) is 15.7. The van der Waals surface area contributed by atoms with Gasteiger partial charge in [-0.25, -0.2) is 8.78 Å². The third-order valence-electron chi connectivity index (χ3n) is 5.36. The summed E-state index contributed by atoms with van der Waals surface area (Å²) in [7, 11) is 0. The van der Waals surface area contributed by atoms with Gasteiger partial charge in [0.1, 0.15) is 11.6 Å². The number of Topliss-reactive ketones (excluding diaryl/α,β-unsaturated/α-hetero) is 1. The Hall–Kier alpha value is -3.28. The number of piperidine rings is 1. The Bertz CT molecular complexity index is 1020. The Balaban J connectivity index is 1.39. The molecule has 1 aliphatic rings. The smallest absolute Gasteiger partial charge is 0.253 e. The minimum atomic E-state index is -0.710. The maximum Gasteiger partial charge on any atom is 0.253 e. The molecule has 4 rings (SSSR count). The number of carbonyl (C=O) groups is 2. The molecule has 1 amide bonds. The maximum atomic E-state index is 13.9. The first kappa shape index (κ1) is 19.1. The molecule has 0 aliphatic carbocycles. The van der Waals surface area contributed by atoms with Gasteiger partial charge in [-0.2, -0.15) is 0 Å². The fourth-order valence-corrected chi connectivity index (χ4v) is 3.72. The number of hydrogen-bond acceptors (Lipinski definition) is 2. The molecular formula is C23H20F2N2O2. The van der Waals surface area contributed by atoms with Crippen molar-refractivity contribution in [2.24, 2.45) is 5.92 Å². The predicted octanol–water partition coefficient (Wildman–Crippen LogP) is 4.49. The van der Waals surface area contributed by atoms with Crippen molar-refractivity contribution in [3.05, 3.63) is 89.8 Å². The van der Waals surface area contributed by atoms with Crippen LogP contribution >= 0.6 is 0 Å². The molecule has 3 aromatic rings. The van der Waals surface area contributed by atoms with Crippen LogP contribution in [0.2, 0.25) is 0 Å². The van der Waals surface area contributed by atoms with Gasteiger partial charge < -0.3 is 9.47 Å². The van der Waals surface area contributed by atoms with Crippen molar-refractivity contribution >= 4 is 11.7 Å². The first-order chi connectivity index (χ1) is 14.0. The van der Waals surface area contributed by atoms with Gasteiger partial charge in [0, 0.05) is 42.7 Å². The van der Waals surface area contributed by atoms with Gasteiger partial charge in [-0.05, 0) is 67.4 Å². The molecule has 2 heterocycles. The minimum Gasteiger partial charge on any atom is -0.339 e. The lowest BCUT2D eigenvalue weighted by Crippen LogP contribution is -2.40. The molecule has 1 fully saturated rings. The molecular weight excluding hydrogens is 374 g/mol. The molecule has 4 nitrogen and oxygen atoms in total. The second-order valence-corrected chi connectivity index (χ2v) is 7.19. The van der Waals surface area contributed by atoms with Crippen molar-refractivity contribution in [1.82, 2.24) is 9.47 Å². The standard InChI is InChI=1S/C23H20F2N2O2/c24-18-5-8-21(25)20(15-18)22(28)16-9-13-27(14-10-16)23(29)17-3-6-19(7-4-17)26-11-1-2-12-26/h1-8,11-12,15-16H,9-10,13-14H2. The number of likely N-dealkylation sites (tertiary alicyclic amines) is 1. The van der Waals surface area contributed by atoms with Crippen molar-refractivity contribution in [3.8, 4) is 5.69 Å². The first-order valence-corrected chi connectivity index (χ1v) is 9.55. The Morgan fingerprint density at radius 1 is 0.897 bits per heavy atom. The van der Waals surface area contributed by atoms with Crippen LogP contribution in [0.3, 0.4) is 0 Å². The quantitative estimate of drug-likeness (QED) is 0.612. The molecule has 0 unspecified atom stereocenters. The third-order valence-corrected chi connectivity index (χ3v) is 5.36. The normalized spacial score (nSPS) is 14.8. The van der Waals surface area contributed by atoms with Crippen LogP contribution in [0.25, 0.3) is 5.69 Å². The average Bonchev–Trinajstić information content (AvgIpc) is 3.30. The lowest BCUT2D eigenvalue weighted by molar-refractivity contribution is 0.0649. The van der Waals surface area contributed by atoms with Crippen molar-refractivity contribution in [3.63, 3.8) is 0 Å². The van der Waals surface area contributed by atoms with E-state index in [4.69, 9.17) is 0 Å². The van der Waals surface area contributed by atoms with Gasteiger partial charge in [-0.15, -0.1) is 0 Å². The Morgan fingerprint density at radius 3 is 2.21 bits per heavy atom. The molecule has 148 valence electrons. The van der Waals surface area contributed by atoms with E-state index in [0.29, 0.717) is 31.5 Å². The number of amides is 1. The van der Waals surface area contributed by atoms with E-state index in [1.54, 1.807) is 17.0 Å². The van der Waals surface area contributed by atoms with Crippen molar-refractivity contribution in [2.75, 3.05) is 13.1 Å². The number of benzene rings is 2. The first-order valence-electron chi connectivity index (χ1n) is 9.55. The fourth-order valence-electron chi connectivity index (χ4n) is 3.72. The van der Waals surface area contributed by atoms with E-state index >= 15 is 0 Å². The molecule has 1 saturated heterocycles. The zero-order valence-corrected chi connectivity index (χ0v) is 15.7. The molecule has 2 aromatic carbocycles. The number of nitrogens with zero attached hydrogens (tertiary/aromatic N) is 2. The largest absolute Gasteiger partial charge is 0.339 e. The van der Waals surface area contributed by atoms with Crippen molar-refractivity contribution in [2.45, 2.75) is 12.8 Å². The highest BCUT2D eigenvalue weighted by Gasteiger charge is 2.29. The molecule has 0 spiro atoms. The molecule has 0 N–H and O–H groups in total. The van der Waals surface area contributed by atoms with Crippen molar-refractivity contribution in [1.29, 1.82) is 0 Å². The Labute approximate surface area is 167 Å². The average molecular weight is 394 g/mol. The van der Waals surface area contributed by atoms with Crippen LogP contribution in [0.1, 0.15) is 33.6 Å². The molecule has 1 aliphatic heterocycles. The van der Waals surface area contributed by atoms with E-state index in [1.165, 1.54) is 0 Å². The van der Waals surface area contributed by atoms with Crippen LogP contribution in [0.4, 0.5) is 8.78 Å². The summed E-state index contributed by atoms with van der Waals surface area (Å²) in [5, 5.41) is 0. The van der Waals surface area contributed by atoms with E-state index < -0.39 is 23.3 Å². The van der Waals surface area contributed by atoms with Gasteiger partial charge in [0.2, 0.25) is 0 Å². The van der Waals surface area contributed by atoms with Gasteiger partial charge in [0.05, 0.1) is 5.56 Å². The SMILES string of the molecule is O=C(c1cc(F)ccc1F)C1CCN(C(=O)c2ccc(-n3cccc3)cc2)CC1. The molecule has 0 atom stereocenters. The number of hydrogen-bond donors (Lipinski definition) is 0. The number of carbonyl (C=O) groups excluding carboxylic acids is 2. The van der Waals surface area contributed by atoms with Crippen molar-refractivity contribution < 1.29 is 18.4 Å². The third kappa shape index (κ3) is 3.97. The van der Waals surface area contributed by atoms with Crippen LogP contribution in [0, 0.1) is 17.6 Å². The highest BCUT2D eigenvalue weighted by Crippen LogP contribution is 2.25. The summed E-state index contributed by atoms with van der Waals surface area (Å²) in [6.07, 6.45) is 4.73. The number of aromatic nitrogens is 1. The monoisotopic (exact) mass is 394 g/mol. The van der Waals surface area contributed by atoms with Gasteiger partial charge in [-0.1, -0.05) is 0 Å². The van der Waals surface area contributed by atoms with E-state index in [0.717, 1.165) is 23.9 Å². The highest BCUT2D eigenvalue weighted by molar-refractivity contribution is 5.98. The van der Waals surface area contributed by atoms with Crippen LogP contribution in [-0.2, 0) is 0 Å². The Kier molecular flexibility index (Phi) is 5.25. The highest BCUT2D eigenvalue weighted by atomic mass is 19.1. The molecule has 29 heavy (non-hydrogen) atoms. The summed E-state index contributed by atoms with van der Waals surface area (Å²) in [5.41, 5.74) is 1.34. The molecule has 0 bridgehead atoms. The number of rotatable bonds is 4. The summed E-state index contributed by atoms with van der Waals surface area (Å²) in [6, 6.07) is 14.1. The molecule has 0 radical (unpaired) electrons. The topological polar surface area (TPSA) is 42.3 Å². The number of ketones is 1. The van der Waals surface area contributed by atoms with Crippen LogP contribution in [0.15, 0.2) is 67.0 Å². The molecule has 6 heteroatoms. The fraction of sp³-hybridized carbons (Fsp3) is 0.217. The van der Waals surface area contributed by atoms with Gasteiger partial charge in [0.15, 0.2) is 5.78 Å². The van der Waals surface area contributed by atoms with E-state index in [1.807, 2.05) is 41.2 Å². The summed E-state index contributed by atoms with van der Waals surface area (Å²) >= 11 is 0. The molecule has 0 saturated carbocycles. The lowest BCUT2D eigenvalue weighted by Gasteiger charge is -2.31. The van der Waals surface area contributed by atoms with Gasteiger partial charge in [0.25, 0.3) is 5.91 Å². The second-order valence-electron chi connectivity index (χ2n) is 7.19. The Morgan fingerprint density at radius 2 is 1.55 bits per heavy atom. The maximum absolute atomic E-state index is 13.9. The summed E-state index contributed by atoms with van der Waals surface area (Å²) in [6.45, 7) is 0.817. The van der Waals surface area contributed by atoms with Crippen LogP contribution in [0.5, 0.6) is 0 Å². The molecule has 1 aromatic heterocycles. The zero-order chi connectivity index (χ0) is 20.4. The minimum absolute atomic E-state index is 0.0908. The summed E-state index contributed by atoms with van der Waals surface area (Å²) in [4.78, 5) is 27.0. The second kappa shape index (κ2) is 7.99. The van der Waals surface area contributed by atoms with Crippen LogP contribution < -0.4 is 0 Å². The van der Waals surface area contributed by atoms with Gasteiger partial charge in [-0.3, -0.25) is 9.59 Å². The van der Waals surface area contributed by atoms with E-state index in [9.17, 15) is 18.4 Å².